The number of benzene rings is 2. The Kier molecular flexibility index (Phi) is 6.82. The van der Waals surface area contributed by atoms with Gasteiger partial charge in [-0.15, -0.1) is 0 Å². The van der Waals surface area contributed by atoms with E-state index in [0.29, 0.717) is 21.5 Å². The van der Waals surface area contributed by atoms with Gasteiger partial charge in [0, 0.05) is 22.2 Å². The molecule has 1 saturated heterocycles. The smallest absolute Gasteiger partial charge is 0.358 e. The topological polar surface area (TPSA) is 132 Å². The number of amides is 3. The molecule has 1 aliphatic rings. The largest absolute Gasteiger partial charge is 0.469 e. The summed E-state index contributed by atoms with van der Waals surface area (Å²) in [7, 11) is -4.75. The second kappa shape index (κ2) is 9.50. The molecule has 9 nitrogen and oxygen atoms in total. The Hall–Kier alpha value is -2.72. The van der Waals surface area contributed by atoms with Gasteiger partial charge in [0.2, 0.25) is 0 Å². The number of carbonyl (C=O) groups is 2. The third-order valence-corrected chi connectivity index (χ3v) is 6.27. The van der Waals surface area contributed by atoms with Gasteiger partial charge < -0.3 is 20.1 Å². The number of aromatic amines is 1. The highest BCUT2D eigenvalue weighted by Crippen LogP contribution is 2.38. The molecule has 2 aromatic carbocycles. The summed E-state index contributed by atoms with van der Waals surface area (Å²) in [5, 5.41) is 3.32. The SMILES string of the molecule is O=C1N/C(=C\c2c[nH]c3c(F)c(Cl)ccc23)C(=O)N1C(CCOP(=O)(O)O)c1ccc(Cl)cc1. The van der Waals surface area contributed by atoms with Crippen molar-refractivity contribution in [1.82, 2.24) is 15.2 Å². The first-order chi connectivity index (χ1) is 16.0. The maximum Gasteiger partial charge on any atom is 0.469 e. The zero-order valence-electron chi connectivity index (χ0n) is 17.2. The Balaban J connectivity index is 1.66. The van der Waals surface area contributed by atoms with E-state index in [1.54, 1.807) is 30.3 Å². The van der Waals surface area contributed by atoms with Crippen molar-refractivity contribution in [1.29, 1.82) is 0 Å². The van der Waals surface area contributed by atoms with E-state index in [1.165, 1.54) is 18.3 Å². The van der Waals surface area contributed by atoms with Crippen LogP contribution in [0.1, 0.15) is 23.6 Å². The molecule has 0 spiro atoms. The summed E-state index contributed by atoms with van der Waals surface area (Å²) < 4.78 is 29.8. The van der Waals surface area contributed by atoms with Crippen molar-refractivity contribution in [2.45, 2.75) is 12.5 Å². The van der Waals surface area contributed by atoms with E-state index in [2.05, 4.69) is 14.8 Å². The predicted octanol–water partition coefficient (Wildman–Crippen LogP) is 4.75. The first-order valence-corrected chi connectivity index (χ1v) is 12.1. The minimum Gasteiger partial charge on any atom is -0.358 e. The van der Waals surface area contributed by atoms with Crippen LogP contribution in [0.25, 0.3) is 17.0 Å². The van der Waals surface area contributed by atoms with Gasteiger partial charge in [0.05, 0.1) is 23.2 Å². The van der Waals surface area contributed by atoms with E-state index in [4.69, 9.17) is 33.0 Å². The first-order valence-electron chi connectivity index (χ1n) is 9.82. The zero-order valence-corrected chi connectivity index (χ0v) is 19.6. The quantitative estimate of drug-likeness (QED) is 0.199. The maximum absolute atomic E-state index is 14.2. The Labute approximate surface area is 202 Å². The molecule has 4 N–H and O–H groups in total. The van der Waals surface area contributed by atoms with E-state index < -0.39 is 38.2 Å². The molecular weight excluding hydrogens is 511 g/mol. The molecule has 1 unspecified atom stereocenters. The van der Waals surface area contributed by atoms with E-state index in [-0.39, 0.29) is 22.7 Å². The molecule has 2 heterocycles. The summed E-state index contributed by atoms with van der Waals surface area (Å²) in [5.74, 6) is -1.31. The number of nitrogens with one attached hydrogen (secondary N) is 2. The lowest BCUT2D eigenvalue weighted by Gasteiger charge is -2.25. The summed E-state index contributed by atoms with van der Waals surface area (Å²) >= 11 is 11.7. The molecule has 1 atom stereocenters. The Morgan fingerprint density at radius 1 is 1.15 bits per heavy atom. The maximum atomic E-state index is 14.2. The number of halogens is 3. The predicted molar refractivity (Wildman–Crippen MR) is 123 cm³/mol. The van der Waals surface area contributed by atoms with Crippen LogP contribution in [0.2, 0.25) is 10.0 Å². The fourth-order valence-corrected chi connectivity index (χ4v) is 4.31. The van der Waals surface area contributed by atoms with E-state index in [0.717, 1.165) is 4.90 Å². The molecule has 178 valence electrons. The van der Waals surface area contributed by atoms with Crippen molar-refractivity contribution in [2.75, 3.05) is 6.61 Å². The lowest BCUT2D eigenvalue weighted by Crippen LogP contribution is -2.35. The number of aromatic nitrogens is 1. The Morgan fingerprint density at radius 2 is 1.85 bits per heavy atom. The van der Waals surface area contributed by atoms with E-state index in [9.17, 15) is 18.5 Å². The molecular formula is C21H17Cl2FN3O6P. The monoisotopic (exact) mass is 527 g/mol. The number of nitrogens with zero attached hydrogens (tertiary/aromatic N) is 1. The van der Waals surface area contributed by atoms with Gasteiger partial charge in [-0.25, -0.2) is 13.8 Å². The molecule has 0 saturated carbocycles. The van der Waals surface area contributed by atoms with Gasteiger partial charge in [-0.1, -0.05) is 41.4 Å². The van der Waals surface area contributed by atoms with Crippen molar-refractivity contribution in [3.8, 4) is 0 Å². The normalized spacial score (nSPS) is 16.5. The standard InChI is InChI=1S/C21H17Cl2FN3O6P/c22-13-3-1-11(2-4-13)17(7-8-33-34(30,31)32)27-20(28)16(26-21(27)29)9-12-10-25-19-14(12)5-6-15(23)18(19)24/h1-6,9-10,17,25H,7-8H2,(H,26,29)(H2,30,31,32)/b16-9-. The average molecular weight is 528 g/mol. The third-order valence-electron chi connectivity index (χ3n) is 5.20. The van der Waals surface area contributed by atoms with E-state index >= 15 is 0 Å². The number of H-pyrrole nitrogens is 1. The Bertz CT molecular complexity index is 1350. The van der Waals surface area contributed by atoms with Gasteiger partial charge in [0.1, 0.15) is 5.70 Å². The molecule has 1 aromatic heterocycles. The molecule has 34 heavy (non-hydrogen) atoms. The van der Waals surface area contributed by atoms with Crippen LogP contribution in [0.5, 0.6) is 0 Å². The van der Waals surface area contributed by atoms with Crippen LogP contribution in [0.15, 0.2) is 48.3 Å². The molecule has 4 rings (SSSR count). The fraction of sp³-hybridized carbons (Fsp3) is 0.143. The summed E-state index contributed by atoms with van der Waals surface area (Å²) in [5.41, 5.74) is 1.05. The number of fused-ring (bicyclic) bond motifs is 1. The number of urea groups is 1. The van der Waals surface area contributed by atoms with Crippen molar-refractivity contribution < 1.29 is 32.9 Å². The summed E-state index contributed by atoms with van der Waals surface area (Å²) in [6.45, 7) is -0.420. The molecule has 1 aliphatic heterocycles. The molecule has 3 amide bonds. The van der Waals surface area contributed by atoms with Crippen molar-refractivity contribution in [2.24, 2.45) is 0 Å². The van der Waals surface area contributed by atoms with Gasteiger partial charge in [-0.3, -0.25) is 14.2 Å². The molecule has 0 bridgehead atoms. The lowest BCUT2D eigenvalue weighted by atomic mass is 10.0. The number of imide groups is 1. The van der Waals surface area contributed by atoms with Crippen LogP contribution in [0, 0.1) is 5.82 Å². The van der Waals surface area contributed by atoms with Crippen LogP contribution in [0.3, 0.4) is 0 Å². The average Bonchev–Trinajstić information content (AvgIpc) is 3.29. The third kappa shape index (κ3) is 5.02. The second-order valence-electron chi connectivity index (χ2n) is 7.37. The number of phosphoric acid groups is 1. The number of hydrogen-bond acceptors (Lipinski definition) is 4. The van der Waals surface area contributed by atoms with Gasteiger partial charge in [0.25, 0.3) is 5.91 Å². The minimum atomic E-state index is -4.75. The number of rotatable bonds is 7. The van der Waals surface area contributed by atoms with Crippen molar-refractivity contribution >= 4 is 59.9 Å². The first kappa shape index (κ1) is 24.4. The number of hydrogen-bond donors (Lipinski definition) is 4. The van der Waals surface area contributed by atoms with Gasteiger partial charge in [-0.05, 0) is 36.3 Å². The molecule has 13 heteroatoms. The van der Waals surface area contributed by atoms with Crippen molar-refractivity contribution in [3.05, 3.63) is 75.3 Å². The zero-order chi connectivity index (χ0) is 24.6. The minimum absolute atomic E-state index is 0.0591. The fourth-order valence-electron chi connectivity index (χ4n) is 3.68. The van der Waals surface area contributed by atoms with Crippen molar-refractivity contribution in [3.63, 3.8) is 0 Å². The highest BCUT2D eigenvalue weighted by Gasteiger charge is 2.39. The summed E-state index contributed by atoms with van der Waals surface area (Å²) in [4.78, 5) is 47.6. The van der Waals surface area contributed by atoms with Gasteiger partial charge in [-0.2, -0.15) is 0 Å². The summed E-state index contributed by atoms with van der Waals surface area (Å²) in [6.07, 6.45) is 2.79. The van der Waals surface area contributed by atoms with E-state index in [1.807, 2.05) is 0 Å². The van der Waals surface area contributed by atoms with Crippen LogP contribution >= 0.6 is 31.0 Å². The highest BCUT2D eigenvalue weighted by atomic mass is 35.5. The number of phosphoric ester groups is 1. The molecule has 1 fully saturated rings. The van der Waals surface area contributed by atoms with Crippen LogP contribution in [0.4, 0.5) is 9.18 Å². The molecule has 3 aromatic rings. The molecule has 0 aliphatic carbocycles. The Morgan fingerprint density at radius 3 is 2.53 bits per heavy atom. The molecule has 0 radical (unpaired) electrons. The van der Waals surface area contributed by atoms with Crippen LogP contribution in [-0.4, -0.2) is 38.2 Å². The highest BCUT2D eigenvalue weighted by molar-refractivity contribution is 7.46. The number of carbonyl (C=O) groups excluding carboxylic acids is 2. The van der Waals surface area contributed by atoms with Crippen LogP contribution in [-0.2, 0) is 13.9 Å². The van der Waals surface area contributed by atoms with Gasteiger partial charge >= 0.3 is 13.9 Å². The van der Waals surface area contributed by atoms with Crippen LogP contribution < -0.4 is 5.32 Å². The summed E-state index contributed by atoms with van der Waals surface area (Å²) in [6, 6.07) is 7.65. The van der Waals surface area contributed by atoms with Gasteiger partial charge in [0.15, 0.2) is 5.82 Å². The second-order valence-corrected chi connectivity index (χ2v) is 9.45. The lowest BCUT2D eigenvalue weighted by molar-refractivity contribution is -0.124.